The van der Waals surface area contributed by atoms with Crippen molar-refractivity contribution in [1.82, 2.24) is 0 Å². The highest BCUT2D eigenvalue weighted by molar-refractivity contribution is 8.85. The predicted molar refractivity (Wildman–Crippen MR) is 68.5 cm³/mol. The number of hydrogen-bond acceptors (Lipinski definition) is 2. The molecular weight excluding hydrogens is 243 g/mol. The molecule has 0 spiro atoms. The Hall–Kier alpha value is 1.28. The Kier molecular flexibility index (Phi) is 4.86. The van der Waals surface area contributed by atoms with Gasteiger partial charge in [0.15, 0.2) is 0 Å². The first kappa shape index (κ1) is 14.3. The first-order valence-electron chi connectivity index (χ1n) is 4.21. The number of hydrogen-bond donors (Lipinski definition) is 0. The molecule has 0 aliphatic heterocycles. The van der Waals surface area contributed by atoms with Crippen molar-refractivity contribution in [3.05, 3.63) is 0 Å². The van der Waals surface area contributed by atoms with Gasteiger partial charge in [-0.25, -0.2) is 0 Å². The second kappa shape index (κ2) is 4.42. The fourth-order valence-corrected chi connectivity index (χ4v) is 5.19. The van der Waals surface area contributed by atoms with Gasteiger partial charge in [-0.15, -0.1) is 11.6 Å². The summed E-state index contributed by atoms with van der Waals surface area (Å²) in [5.74, 6) is 0. The minimum absolute atomic E-state index is 0.0133. The fourth-order valence-electron chi connectivity index (χ4n) is 1.42. The largest absolute Gasteiger partial charge is 0.111 e. The third-order valence-corrected chi connectivity index (χ3v) is 6.74. The molecule has 0 aromatic rings. The molecule has 0 unspecified atom stereocenters. The molecule has 0 atom stereocenters. The van der Waals surface area contributed by atoms with E-state index in [-0.39, 0.29) is 15.0 Å². The van der Waals surface area contributed by atoms with Crippen molar-refractivity contribution in [1.29, 1.82) is 0 Å². The highest BCUT2D eigenvalue weighted by atomic mass is 35.7. The molecule has 0 fully saturated rings. The Bertz CT molecular complexity index is 153. The lowest BCUT2D eigenvalue weighted by Gasteiger charge is -2.47. The van der Waals surface area contributed by atoms with E-state index in [1.54, 1.807) is 10.8 Å². The molecule has 4 heteroatoms. The van der Waals surface area contributed by atoms with E-state index >= 15 is 0 Å². The van der Waals surface area contributed by atoms with Crippen LogP contribution in [0.25, 0.3) is 0 Å². The highest BCUT2D eigenvalue weighted by Gasteiger charge is 2.50. The molecule has 0 nitrogen and oxygen atoms in total. The lowest BCUT2D eigenvalue weighted by Crippen LogP contribution is -2.44. The summed E-state index contributed by atoms with van der Waals surface area (Å²) in [6, 6.07) is 0. The van der Waals surface area contributed by atoms with Crippen molar-refractivity contribution in [2.45, 2.75) is 45.7 Å². The second-order valence-electron chi connectivity index (χ2n) is 5.24. The van der Waals surface area contributed by atoms with Gasteiger partial charge in [0.2, 0.25) is 0 Å². The molecule has 0 N–H and O–H groups in total. The van der Waals surface area contributed by atoms with Crippen molar-refractivity contribution in [2.75, 3.05) is 0 Å². The van der Waals surface area contributed by atoms with Crippen molar-refractivity contribution >= 4 is 43.1 Å². The van der Waals surface area contributed by atoms with Crippen LogP contribution in [0.3, 0.4) is 0 Å². The van der Waals surface area contributed by atoms with E-state index in [0.29, 0.717) is 0 Å². The Morgan fingerprint density at radius 2 is 1.15 bits per heavy atom. The molecule has 0 heterocycles. The van der Waals surface area contributed by atoms with E-state index in [1.807, 2.05) is 0 Å². The van der Waals surface area contributed by atoms with E-state index in [0.717, 1.165) is 0 Å². The smallest absolute Gasteiger partial charge is 0.105 e. The van der Waals surface area contributed by atoms with E-state index in [1.165, 1.54) is 10.0 Å². The normalized spacial score (nSPS) is 14.8. The summed E-state index contributed by atoms with van der Waals surface area (Å²) in [4.78, 5) is 0. The fraction of sp³-hybridized carbons (Fsp3) is 1.00. The zero-order valence-corrected chi connectivity index (χ0v) is 12.2. The summed E-state index contributed by atoms with van der Waals surface area (Å²) in [6.45, 7) is 12.9. The zero-order chi connectivity index (χ0) is 10.9. The first-order valence-corrected chi connectivity index (χ1v) is 7.57. The van der Waals surface area contributed by atoms with Gasteiger partial charge < -0.3 is 0 Å². The van der Waals surface area contributed by atoms with Crippen LogP contribution in [0.5, 0.6) is 0 Å². The molecule has 0 aromatic heterocycles. The molecule has 0 saturated carbocycles. The standard InChI is InChI=1S/C9H18Cl2S2/c1-7(2,3)9(10,12-13-11)8(4,5)6/h1-6H3. The van der Waals surface area contributed by atoms with Gasteiger partial charge in [-0.2, -0.15) is 0 Å². The van der Waals surface area contributed by atoms with Gasteiger partial charge >= 0.3 is 0 Å². The van der Waals surface area contributed by atoms with Gasteiger partial charge in [-0.05, 0) is 21.5 Å². The van der Waals surface area contributed by atoms with E-state index < -0.39 is 0 Å². The summed E-state index contributed by atoms with van der Waals surface area (Å²) in [6.07, 6.45) is 0. The zero-order valence-electron chi connectivity index (χ0n) is 9.07. The maximum absolute atomic E-state index is 6.65. The van der Waals surface area contributed by atoms with Crippen LogP contribution in [0.2, 0.25) is 0 Å². The predicted octanol–water partition coefficient (Wildman–Crippen LogP) is 5.55. The van der Waals surface area contributed by atoms with Crippen LogP contribution in [0, 0.1) is 10.8 Å². The topological polar surface area (TPSA) is 0 Å². The Morgan fingerprint density at radius 1 is 0.846 bits per heavy atom. The maximum Gasteiger partial charge on any atom is 0.111 e. The SMILES string of the molecule is CC(C)(C)C(Cl)(SSCl)C(C)(C)C. The summed E-state index contributed by atoms with van der Waals surface area (Å²) < 4.78 is -0.355. The summed E-state index contributed by atoms with van der Waals surface area (Å²) in [5, 5.41) is 0. The Morgan fingerprint density at radius 3 is 1.23 bits per heavy atom. The number of alkyl halides is 1. The van der Waals surface area contributed by atoms with E-state index in [2.05, 4.69) is 41.5 Å². The van der Waals surface area contributed by atoms with Crippen LogP contribution in [0.15, 0.2) is 0 Å². The Balaban J connectivity index is 4.96. The lowest BCUT2D eigenvalue weighted by atomic mass is 9.76. The van der Waals surface area contributed by atoms with Crippen LogP contribution in [-0.4, -0.2) is 4.21 Å². The molecule has 0 amide bonds. The third kappa shape index (κ3) is 3.12. The monoisotopic (exact) mass is 260 g/mol. The quantitative estimate of drug-likeness (QED) is 0.472. The minimum Gasteiger partial charge on any atom is -0.105 e. The van der Waals surface area contributed by atoms with Gasteiger partial charge in [0.05, 0.1) is 0 Å². The average Bonchev–Trinajstić information content (AvgIpc) is 1.82. The highest BCUT2D eigenvalue weighted by Crippen LogP contribution is 2.60. The van der Waals surface area contributed by atoms with Crippen LogP contribution in [0.4, 0.5) is 0 Å². The van der Waals surface area contributed by atoms with Crippen molar-refractivity contribution in [2.24, 2.45) is 10.8 Å². The molecule has 0 aliphatic rings. The second-order valence-corrected chi connectivity index (χ2v) is 8.95. The summed E-state index contributed by atoms with van der Waals surface area (Å²) in [7, 11) is 8.45. The van der Waals surface area contributed by atoms with Crippen molar-refractivity contribution < 1.29 is 0 Å². The summed E-state index contributed by atoms with van der Waals surface area (Å²) in [5.41, 5.74) is 0.0265. The molecule has 0 radical (unpaired) electrons. The van der Waals surface area contributed by atoms with Gasteiger partial charge in [-0.1, -0.05) is 52.3 Å². The molecule has 13 heavy (non-hydrogen) atoms. The molecule has 0 rings (SSSR count). The minimum atomic E-state index is -0.355. The molecule has 0 aromatic carbocycles. The Labute approximate surface area is 99.4 Å². The van der Waals surface area contributed by atoms with Crippen LogP contribution < -0.4 is 0 Å². The molecule has 0 aliphatic carbocycles. The van der Waals surface area contributed by atoms with Gasteiger partial charge in [0, 0.05) is 10.0 Å². The maximum atomic E-state index is 6.65. The first-order chi connectivity index (χ1) is 5.56. The van der Waals surface area contributed by atoms with E-state index in [4.69, 9.17) is 22.3 Å². The van der Waals surface area contributed by atoms with Gasteiger partial charge in [-0.3, -0.25) is 0 Å². The molecule has 0 saturated heterocycles. The number of halogens is 2. The van der Waals surface area contributed by atoms with E-state index in [9.17, 15) is 0 Å². The van der Waals surface area contributed by atoms with Crippen molar-refractivity contribution in [3.8, 4) is 0 Å². The van der Waals surface area contributed by atoms with Gasteiger partial charge in [0.25, 0.3) is 0 Å². The molecular formula is C9H18Cl2S2. The van der Waals surface area contributed by atoms with Crippen LogP contribution in [-0.2, 0) is 0 Å². The summed E-state index contributed by atoms with van der Waals surface area (Å²) >= 11 is 6.65. The lowest BCUT2D eigenvalue weighted by molar-refractivity contribution is 0.216. The van der Waals surface area contributed by atoms with Crippen LogP contribution >= 0.6 is 43.1 Å². The third-order valence-electron chi connectivity index (χ3n) is 2.08. The van der Waals surface area contributed by atoms with Crippen LogP contribution in [0.1, 0.15) is 41.5 Å². The molecule has 0 bridgehead atoms. The molecule has 80 valence electrons. The van der Waals surface area contributed by atoms with Gasteiger partial charge in [0.1, 0.15) is 4.21 Å². The van der Waals surface area contributed by atoms with Crippen molar-refractivity contribution in [3.63, 3.8) is 0 Å². The average molecular weight is 261 g/mol. The number of rotatable bonds is 2.